The molecule has 0 radical (unpaired) electrons. The maximum Gasteiger partial charge on any atom is 0.248 e. The summed E-state index contributed by atoms with van der Waals surface area (Å²) in [6.07, 6.45) is 15.6. The molecule has 198 valence electrons. The Kier molecular flexibility index (Phi) is 13.3. The molecule has 1 heterocycles. The van der Waals surface area contributed by atoms with Crippen molar-refractivity contribution in [2.45, 2.75) is 63.7 Å². The summed E-state index contributed by atoms with van der Waals surface area (Å²) in [5.41, 5.74) is 2.77. The van der Waals surface area contributed by atoms with Crippen LogP contribution in [0.5, 0.6) is 11.5 Å². The second-order valence-corrected chi connectivity index (χ2v) is 9.52. The molecule has 2 aromatic carbocycles. The van der Waals surface area contributed by atoms with Crippen molar-refractivity contribution in [1.82, 2.24) is 4.90 Å². The lowest BCUT2D eigenvalue weighted by Crippen LogP contribution is -2.49. The van der Waals surface area contributed by atoms with Gasteiger partial charge in [-0.1, -0.05) is 30.7 Å². The van der Waals surface area contributed by atoms with Crippen LogP contribution in [0.2, 0.25) is 0 Å². The predicted octanol–water partition coefficient (Wildman–Crippen LogP) is 7.07. The number of phenolic OH excluding ortho intramolecular Hbond substituents is 1. The van der Waals surface area contributed by atoms with E-state index < -0.39 is 5.92 Å². The van der Waals surface area contributed by atoms with Gasteiger partial charge in [0.1, 0.15) is 18.1 Å². The zero-order valence-corrected chi connectivity index (χ0v) is 21.2. The monoisotopic (exact) mass is 503 g/mol. The van der Waals surface area contributed by atoms with Gasteiger partial charge in [-0.05, 0) is 73.9 Å². The lowest BCUT2D eigenvalue weighted by molar-refractivity contribution is -0.0337. The third-order valence-corrected chi connectivity index (χ3v) is 6.59. The normalized spacial score (nSPS) is 18.4. The van der Waals surface area contributed by atoms with Crippen molar-refractivity contribution in [3.05, 3.63) is 59.7 Å². The van der Waals surface area contributed by atoms with Crippen LogP contribution in [-0.4, -0.2) is 48.8 Å². The number of likely N-dealkylation sites (tertiary alicyclic amines) is 1. The number of para-hydroxylation sites is 1. The molecule has 3 nitrogen and oxygen atoms in total. The van der Waals surface area contributed by atoms with Crippen LogP contribution in [0.25, 0.3) is 0 Å². The van der Waals surface area contributed by atoms with Crippen LogP contribution < -0.4 is 4.74 Å². The maximum absolute atomic E-state index is 12.2. The molecule has 1 aliphatic heterocycles. The number of fused-ring (bicyclic) bond motifs is 1. The molecule has 0 spiro atoms. The zero-order chi connectivity index (χ0) is 26.2. The smallest absolute Gasteiger partial charge is 0.248 e. The molecular weight excluding hydrogens is 463 g/mol. The van der Waals surface area contributed by atoms with E-state index in [1.807, 2.05) is 42.5 Å². The molecular formula is C30H40F3NO2. The molecule has 1 saturated heterocycles. The van der Waals surface area contributed by atoms with Gasteiger partial charge in [0, 0.05) is 38.4 Å². The fourth-order valence-corrected chi connectivity index (χ4v) is 4.56. The number of hydrogen-bond acceptors (Lipinski definition) is 3. The van der Waals surface area contributed by atoms with Crippen molar-refractivity contribution in [3.8, 4) is 24.3 Å². The number of alkyl halides is 3. The second-order valence-electron chi connectivity index (χ2n) is 9.52. The summed E-state index contributed by atoms with van der Waals surface area (Å²) in [5, 5.41) is 9.19. The Labute approximate surface area is 214 Å². The van der Waals surface area contributed by atoms with E-state index in [1.165, 1.54) is 30.4 Å². The summed E-state index contributed by atoms with van der Waals surface area (Å²) < 4.78 is 42.1. The van der Waals surface area contributed by atoms with Gasteiger partial charge in [-0.25, -0.2) is 8.78 Å². The number of hydrogen-bond donors (Lipinski definition) is 1. The molecule has 0 aromatic heterocycles. The average Bonchev–Trinajstić information content (AvgIpc) is 2.88. The summed E-state index contributed by atoms with van der Waals surface area (Å²) in [4.78, 5) is 2.22. The molecule has 2 aromatic rings. The van der Waals surface area contributed by atoms with Crippen molar-refractivity contribution in [2.24, 2.45) is 5.92 Å². The predicted molar refractivity (Wildman–Crippen MR) is 141 cm³/mol. The largest absolute Gasteiger partial charge is 0.508 e. The molecule has 1 N–H and O–H groups in total. The number of terminal acetylenes is 1. The average molecular weight is 504 g/mol. The van der Waals surface area contributed by atoms with Gasteiger partial charge in [-0.15, -0.1) is 12.8 Å². The standard InChI is InChI=1S/C12H16FNO.C10H12O.C6H10F2.C2H2/c13-8-11-9-14(10-11)6-7-15-12-4-2-1-3-5-12;11-10-6-5-8-3-1-2-4-9(8)7-10;7-6(8)4-2-1-3-5-6;1-2/h1-5,11H,6-10H2;5-7,11H,1-4H2;1-5H2;1-2H. The van der Waals surface area contributed by atoms with Gasteiger partial charge in [0.2, 0.25) is 5.92 Å². The Morgan fingerprint density at radius 2 is 1.53 bits per heavy atom. The van der Waals surface area contributed by atoms with Crippen LogP contribution in [0.1, 0.15) is 56.1 Å². The highest BCUT2D eigenvalue weighted by Gasteiger charge is 2.30. The first kappa shape index (κ1) is 29.6. The third-order valence-electron chi connectivity index (χ3n) is 6.59. The van der Waals surface area contributed by atoms with Gasteiger partial charge in [0.25, 0.3) is 0 Å². The number of nitrogens with zero attached hydrogens (tertiary/aromatic N) is 1. The highest BCUT2D eigenvalue weighted by atomic mass is 19.3. The van der Waals surface area contributed by atoms with E-state index in [1.54, 1.807) is 6.07 Å². The van der Waals surface area contributed by atoms with E-state index in [0.29, 0.717) is 25.2 Å². The van der Waals surface area contributed by atoms with Crippen molar-refractivity contribution in [3.63, 3.8) is 0 Å². The maximum atomic E-state index is 12.2. The Bertz CT molecular complexity index is 874. The van der Waals surface area contributed by atoms with Crippen LogP contribution in [-0.2, 0) is 12.8 Å². The highest BCUT2D eigenvalue weighted by molar-refractivity contribution is 5.36. The van der Waals surface area contributed by atoms with E-state index >= 15 is 0 Å². The van der Waals surface area contributed by atoms with Crippen molar-refractivity contribution < 1.29 is 23.0 Å². The lowest BCUT2D eigenvalue weighted by atomic mass is 9.92. The van der Waals surface area contributed by atoms with Crippen LogP contribution in [0.15, 0.2) is 48.5 Å². The fraction of sp³-hybridized carbons (Fsp3) is 0.533. The zero-order valence-electron chi connectivity index (χ0n) is 21.2. The van der Waals surface area contributed by atoms with E-state index in [4.69, 9.17) is 4.74 Å². The minimum Gasteiger partial charge on any atom is -0.508 e. The summed E-state index contributed by atoms with van der Waals surface area (Å²) in [6.45, 7) is 3.16. The van der Waals surface area contributed by atoms with Crippen LogP contribution in [0.4, 0.5) is 13.2 Å². The Morgan fingerprint density at radius 3 is 2.11 bits per heavy atom. The van der Waals surface area contributed by atoms with Crippen molar-refractivity contribution in [2.75, 3.05) is 32.9 Å². The number of benzene rings is 2. The van der Waals surface area contributed by atoms with Crippen LogP contribution in [0, 0.1) is 18.8 Å². The third kappa shape index (κ3) is 11.0. The fourth-order valence-electron chi connectivity index (χ4n) is 4.56. The Hall–Kier alpha value is -2.65. The topological polar surface area (TPSA) is 32.7 Å². The summed E-state index contributed by atoms with van der Waals surface area (Å²) in [5.74, 6) is -0.745. The Morgan fingerprint density at radius 1 is 0.889 bits per heavy atom. The van der Waals surface area contributed by atoms with Gasteiger partial charge in [-0.3, -0.25) is 9.29 Å². The second kappa shape index (κ2) is 16.2. The summed E-state index contributed by atoms with van der Waals surface area (Å²) in [7, 11) is 0. The highest BCUT2D eigenvalue weighted by Crippen LogP contribution is 2.32. The first-order valence-electron chi connectivity index (χ1n) is 12.9. The van der Waals surface area contributed by atoms with Gasteiger partial charge in [0.05, 0.1) is 6.67 Å². The molecule has 0 amide bonds. The number of aryl methyl sites for hydroxylation is 2. The molecule has 1 saturated carbocycles. The lowest BCUT2D eigenvalue weighted by Gasteiger charge is -2.37. The summed E-state index contributed by atoms with van der Waals surface area (Å²) >= 11 is 0. The molecule has 0 bridgehead atoms. The van der Waals surface area contributed by atoms with Crippen LogP contribution in [0.3, 0.4) is 0 Å². The van der Waals surface area contributed by atoms with Gasteiger partial charge in [-0.2, -0.15) is 0 Å². The molecule has 36 heavy (non-hydrogen) atoms. The van der Waals surface area contributed by atoms with E-state index in [9.17, 15) is 18.3 Å². The molecule has 0 atom stereocenters. The molecule has 5 rings (SSSR count). The van der Waals surface area contributed by atoms with E-state index in [-0.39, 0.29) is 25.4 Å². The van der Waals surface area contributed by atoms with Gasteiger partial charge < -0.3 is 9.84 Å². The molecule has 0 unspecified atom stereocenters. The molecule has 2 aliphatic carbocycles. The minimum atomic E-state index is -2.32. The van der Waals surface area contributed by atoms with Crippen LogP contribution >= 0.6 is 0 Å². The SMILES string of the molecule is C#C.FC1(F)CCCCC1.FCC1CN(CCOc2ccccc2)C1.Oc1ccc2c(c1)CCCC2. The van der Waals surface area contributed by atoms with E-state index in [2.05, 4.69) is 17.7 Å². The summed E-state index contributed by atoms with van der Waals surface area (Å²) in [6, 6.07) is 15.5. The number of ether oxygens (including phenoxy) is 1. The molecule has 6 heteroatoms. The first-order valence-corrected chi connectivity index (χ1v) is 12.9. The van der Waals surface area contributed by atoms with Gasteiger partial charge in [0.15, 0.2) is 0 Å². The number of halogens is 3. The Balaban J connectivity index is 0.000000192. The van der Waals surface area contributed by atoms with Crippen molar-refractivity contribution >= 4 is 0 Å². The van der Waals surface area contributed by atoms with E-state index in [0.717, 1.165) is 38.2 Å². The number of aromatic hydroxyl groups is 1. The van der Waals surface area contributed by atoms with Gasteiger partial charge >= 0.3 is 0 Å². The minimum absolute atomic E-state index is 0.118. The number of phenols is 1. The quantitative estimate of drug-likeness (QED) is 0.443. The van der Waals surface area contributed by atoms with Crippen molar-refractivity contribution in [1.29, 1.82) is 0 Å². The molecule has 3 aliphatic rings. The first-order chi connectivity index (χ1) is 17.4. The number of rotatable bonds is 5. The molecule has 2 fully saturated rings.